The monoisotopic (exact) mass is 477 g/mol. The number of rotatable bonds is 17. The van der Waals surface area contributed by atoms with Crippen molar-refractivity contribution in [2.24, 2.45) is 15.0 Å². The number of aliphatic hydroxyl groups excluding tert-OH is 1. The molecule has 0 saturated carbocycles. The van der Waals surface area contributed by atoms with Crippen molar-refractivity contribution < 1.29 is 5.11 Å². The van der Waals surface area contributed by atoms with Crippen LogP contribution in [0.2, 0.25) is 0 Å². The number of allylic oxidation sites excluding steroid dienone is 1. The number of aliphatic imine (C=N–C) groups is 3. The van der Waals surface area contributed by atoms with Crippen molar-refractivity contribution in [1.82, 2.24) is 10.2 Å². The number of aliphatic hydroxyl groups is 1. The summed E-state index contributed by atoms with van der Waals surface area (Å²) in [6.45, 7) is 15.7. The maximum atomic E-state index is 8.83. The Kier molecular flexibility index (Phi) is 16.1. The molecule has 1 rings (SSSR count). The zero-order valence-corrected chi connectivity index (χ0v) is 22.6. The number of thioether (sulfide) groups is 1. The van der Waals surface area contributed by atoms with Crippen LogP contribution in [0.4, 0.5) is 0 Å². The number of nitrogens with one attached hydrogen (secondary N) is 1. The van der Waals surface area contributed by atoms with Crippen LogP contribution in [0.1, 0.15) is 80.1 Å². The highest BCUT2D eigenvalue weighted by Crippen LogP contribution is 2.21. The normalized spacial score (nSPS) is 16.4. The molecule has 33 heavy (non-hydrogen) atoms. The molecule has 0 fully saturated rings. The Morgan fingerprint density at radius 3 is 2.61 bits per heavy atom. The van der Waals surface area contributed by atoms with Crippen molar-refractivity contribution in [3.05, 3.63) is 23.0 Å². The summed E-state index contributed by atoms with van der Waals surface area (Å²) < 4.78 is 0. The van der Waals surface area contributed by atoms with Gasteiger partial charge in [-0.3, -0.25) is 9.98 Å². The third-order valence-electron chi connectivity index (χ3n) is 6.01. The zero-order valence-electron chi connectivity index (χ0n) is 21.8. The van der Waals surface area contributed by atoms with Crippen LogP contribution in [-0.2, 0) is 0 Å². The lowest BCUT2D eigenvalue weighted by Crippen LogP contribution is -2.30. The minimum Gasteiger partial charge on any atom is -0.396 e. The van der Waals surface area contributed by atoms with E-state index in [4.69, 9.17) is 15.1 Å². The molecule has 7 heteroatoms. The third kappa shape index (κ3) is 12.0. The lowest BCUT2D eigenvalue weighted by molar-refractivity contribution is 0.267. The summed E-state index contributed by atoms with van der Waals surface area (Å²) >= 11 is 1.80. The molecular weight excluding hydrogens is 430 g/mol. The molecule has 0 saturated heterocycles. The highest BCUT2D eigenvalue weighted by Gasteiger charge is 2.14. The average Bonchev–Trinajstić information content (AvgIpc) is 2.81. The Labute approximate surface area is 206 Å². The third-order valence-corrected chi connectivity index (χ3v) is 7.03. The van der Waals surface area contributed by atoms with Gasteiger partial charge in [0.15, 0.2) is 0 Å². The predicted octanol–water partition coefficient (Wildman–Crippen LogP) is 5.45. The van der Waals surface area contributed by atoms with Crippen LogP contribution in [0, 0.1) is 0 Å². The van der Waals surface area contributed by atoms with Crippen LogP contribution < -0.4 is 5.32 Å². The van der Waals surface area contributed by atoms with Crippen LogP contribution in [0.25, 0.3) is 0 Å². The van der Waals surface area contributed by atoms with E-state index in [1.165, 1.54) is 17.6 Å². The largest absolute Gasteiger partial charge is 0.396 e. The molecule has 0 aromatic carbocycles. The van der Waals surface area contributed by atoms with E-state index in [1.54, 1.807) is 11.8 Å². The first-order chi connectivity index (χ1) is 16.0. The second-order valence-corrected chi connectivity index (χ2v) is 9.66. The van der Waals surface area contributed by atoms with Crippen LogP contribution in [0.5, 0.6) is 0 Å². The lowest BCUT2D eigenvalue weighted by Gasteiger charge is -2.29. The van der Waals surface area contributed by atoms with E-state index >= 15 is 0 Å². The van der Waals surface area contributed by atoms with E-state index in [2.05, 4.69) is 56.0 Å². The number of hydrogen-bond donors (Lipinski definition) is 2. The van der Waals surface area contributed by atoms with Crippen molar-refractivity contribution in [2.45, 2.75) is 92.2 Å². The molecule has 0 bridgehead atoms. The Morgan fingerprint density at radius 1 is 1.24 bits per heavy atom. The molecule has 1 aliphatic heterocycles. The topological polar surface area (TPSA) is 72.6 Å². The minimum absolute atomic E-state index is 0.121. The van der Waals surface area contributed by atoms with Crippen molar-refractivity contribution in [3.63, 3.8) is 0 Å². The maximum absolute atomic E-state index is 8.83. The molecule has 0 aliphatic carbocycles. The molecule has 1 aliphatic rings. The van der Waals surface area contributed by atoms with Crippen LogP contribution in [0.15, 0.2) is 38.0 Å². The molecule has 0 aromatic heterocycles. The van der Waals surface area contributed by atoms with Gasteiger partial charge in [-0.15, -0.1) is 11.8 Å². The van der Waals surface area contributed by atoms with Gasteiger partial charge < -0.3 is 15.3 Å². The molecule has 1 unspecified atom stereocenters. The fraction of sp³-hybridized carbons (Fsp3) is 0.731. The Balaban J connectivity index is 2.64. The van der Waals surface area contributed by atoms with E-state index in [0.717, 1.165) is 61.7 Å². The smallest absolute Gasteiger partial charge is 0.109 e. The van der Waals surface area contributed by atoms with Gasteiger partial charge in [0.1, 0.15) is 6.67 Å². The first-order valence-corrected chi connectivity index (χ1v) is 13.6. The molecule has 1 heterocycles. The predicted molar refractivity (Wildman–Crippen MR) is 148 cm³/mol. The molecule has 0 radical (unpaired) electrons. The highest BCUT2D eigenvalue weighted by atomic mass is 32.2. The summed E-state index contributed by atoms with van der Waals surface area (Å²) in [5.41, 5.74) is 3.53. The summed E-state index contributed by atoms with van der Waals surface area (Å²) in [6, 6.07) is 0.622. The van der Waals surface area contributed by atoms with E-state index in [1.807, 2.05) is 19.4 Å². The van der Waals surface area contributed by atoms with Gasteiger partial charge >= 0.3 is 0 Å². The summed E-state index contributed by atoms with van der Waals surface area (Å²) in [4.78, 5) is 16.4. The van der Waals surface area contributed by atoms with Crippen LogP contribution in [-0.4, -0.2) is 71.7 Å². The van der Waals surface area contributed by atoms with E-state index in [0.29, 0.717) is 19.3 Å². The van der Waals surface area contributed by atoms with Crippen molar-refractivity contribution >= 4 is 29.2 Å². The van der Waals surface area contributed by atoms with E-state index in [9.17, 15) is 0 Å². The van der Waals surface area contributed by atoms with E-state index in [-0.39, 0.29) is 6.04 Å². The van der Waals surface area contributed by atoms with Crippen LogP contribution >= 0.6 is 11.8 Å². The van der Waals surface area contributed by atoms with Gasteiger partial charge in [0.05, 0.1) is 11.1 Å². The SMILES string of the molecule is C/C=N/CN(/C=C(/C)C(C)N=CC1=C(C)N=C(CNCCCCCCO)SC1)C(CC)CC. The van der Waals surface area contributed by atoms with Gasteiger partial charge in [0.25, 0.3) is 0 Å². The minimum atomic E-state index is 0.121. The van der Waals surface area contributed by atoms with Gasteiger partial charge in [-0.1, -0.05) is 26.7 Å². The van der Waals surface area contributed by atoms with Gasteiger partial charge in [-0.2, -0.15) is 0 Å². The summed E-state index contributed by atoms with van der Waals surface area (Å²) in [5.74, 6) is 0.924. The quantitative estimate of drug-likeness (QED) is 0.216. The summed E-state index contributed by atoms with van der Waals surface area (Å²) in [6.07, 6.45) is 12.7. The van der Waals surface area contributed by atoms with E-state index < -0.39 is 0 Å². The average molecular weight is 478 g/mol. The Hall–Kier alpha value is -1.44. The zero-order chi connectivity index (χ0) is 24.5. The van der Waals surface area contributed by atoms with Gasteiger partial charge in [0, 0.05) is 48.6 Å². The second kappa shape index (κ2) is 18.0. The second-order valence-electron chi connectivity index (χ2n) is 8.61. The molecule has 1 atom stereocenters. The number of nitrogens with zero attached hydrogens (tertiary/aromatic N) is 4. The van der Waals surface area contributed by atoms with Crippen molar-refractivity contribution in [1.29, 1.82) is 0 Å². The first kappa shape index (κ1) is 29.6. The fourth-order valence-corrected chi connectivity index (χ4v) is 4.58. The standard InChI is InChI=1S/C26H47N5OS/c1-7-25(8-2)31(20-27-9-3)18-21(4)22(5)29-16-24-19-33-26(30-23(24)6)17-28-14-12-10-11-13-15-32/h9,16,18,22,25,28,32H,7-8,10-15,17,19-20H2,1-6H3/b21-18-,27-9+,29-16?. The molecule has 0 spiro atoms. The van der Waals surface area contributed by atoms with Gasteiger partial charge in [0.2, 0.25) is 0 Å². The lowest BCUT2D eigenvalue weighted by atomic mass is 10.1. The van der Waals surface area contributed by atoms with Gasteiger partial charge in [-0.05, 0) is 71.7 Å². The Morgan fingerprint density at radius 2 is 1.97 bits per heavy atom. The van der Waals surface area contributed by atoms with Crippen LogP contribution in [0.3, 0.4) is 0 Å². The molecule has 0 amide bonds. The van der Waals surface area contributed by atoms with Crippen molar-refractivity contribution in [3.8, 4) is 0 Å². The molecule has 2 N–H and O–H groups in total. The molecular formula is C26H47N5OS. The number of hydrogen-bond acceptors (Lipinski definition) is 7. The molecule has 0 aromatic rings. The molecule has 6 nitrogen and oxygen atoms in total. The highest BCUT2D eigenvalue weighted by molar-refractivity contribution is 8.14. The summed E-state index contributed by atoms with van der Waals surface area (Å²) in [7, 11) is 0. The van der Waals surface area contributed by atoms with Crippen molar-refractivity contribution in [2.75, 3.05) is 32.1 Å². The van der Waals surface area contributed by atoms with Gasteiger partial charge in [-0.25, -0.2) is 4.99 Å². The fourth-order valence-electron chi connectivity index (χ4n) is 3.57. The molecule has 188 valence electrons. The summed E-state index contributed by atoms with van der Waals surface area (Å²) in [5, 5.41) is 13.5. The first-order valence-electron chi connectivity index (χ1n) is 12.6. The number of unbranched alkanes of at least 4 members (excludes halogenated alkanes) is 3. The maximum Gasteiger partial charge on any atom is 0.109 e. The Bertz CT molecular complexity index is 695.